The number of nitrogens with zero attached hydrogens (tertiary/aromatic N) is 1. The maximum absolute atomic E-state index is 10.8. The quantitative estimate of drug-likeness (QED) is 0.483. The molecule has 1 aliphatic rings. The largest absolute Gasteiger partial charge is 0.502 e. The Balaban J connectivity index is 2.62. The summed E-state index contributed by atoms with van der Waals surface area (Å²) < 4.78 is 2.25. The van der Waals surface area contributed by atoms with E-state index >= 15 is 0 Å². The minimum absolute atomic E-state index is 0.00763. The average molecular weight is 282 g/mol. The highest BCUT2D eigenvalue weighted by atomic mass is 16.3. The molecule has 1 aromatic carbocycles. The highest BCUT2D eigenvalue weighted by Crippen LogP contribution is 2.31. The molecule has 0 aliphatic carbocycles. The van der Waals surface area contributed by atoms with Crippen molar-refractivity contribution in [1.29, 1.82) is 0 Å². The lowest BCUT2D eigenvalue weighted by molar-refractivity contribution is -0.543. The van der Waals surface area contributed by atoms with Crippen LogP contribution in [0, 0.1) is 0 Å². The Labute approximate surface area is 127 Å². The van der Waals surface area contributed by atoms with Gasteiger partial charge in [0.15, 0.2) is 17.0 Å². The van der Waals surface area contributed by atoms with Crippen LogP contribution < -0.4 is 0 Å². The van der Waals surface area contributed by atoms with E-state index in [2.05, 4.69) is 31.9 Å². The zero-order chi connectivity index (χ0) is 15.5. The molecule has 21 heavy (non-hydrogen) atoms. The zero-order valence-corrected chi connectivity index (χ0v) is 13.1. The number of benzene rings is 1. The number of hydrogen-bond acceptors (Lipinski definition) is 1. The molecule has 0 atom stereocenters. The van der Waals surface area contributed by atoms with E-state index < -0.39 is 0 Å². The Morgan fingerprint density at radius 3 is 2.48 bits per heavy atom. The van der Waals surface area contributed by atoms with Crippen LogP contribution >= 0.6 is 0 Å². The topological polar surface area (TPSA) is 23.2 Å². The second-order valence-corrected chi connectivity index (χ2v) is 6.08. The van der Waals surface area contributed by atoms with Crippen LogP contribution in [-0.2, 0) is 0 Å². The third-order valence-corrected chi connectivity index (χ3v) is 4.01. The van der Waals surface area contributed by atoms with Crippen molar-refractivity contribution in [3.8, 4) is 0 Å². The normalized spacial score (nSPS) is 19.0. The van der Waals surface area contributed by atoms with Gasteiger partial charge in [-0.1, -0.05) is 49.1 Å². The number of hydrogen-bond donors (Lipinski definition) is 1. The van der Waals surface area contributed by atoms with E-state index in [1.807, 2.05) is 42.5 Å². The second kappa shape index (κ2) is 6.13. The number of rotatable bonds is 4. The third-order valence-electron chi connectivity index (χ3n) is 4.01. The maximum Gasteiger partial charge on any atom is 0.248 e. The molecule has 1 aromatic rings. The first-order valence-corrected chi connectivity index (χ1v) is 7.38. The van der Waals surface area contributed by atoms with E-state index in [1.54, 1.807) is 6.08 Å². The smallest absolute Gasteiger partial charge is 0.248 e. The van der Waals surface area contributed by atoms with Crippen LogP contribution in [0.5, 0.6) is 0 Å². The van der Waals surface area contributed by atoms with E-state index in [1.165, 1.54) is 5.71 Å². The van der Waals surface area contributed by atoms with Crippen molar-refractivity contribution < 1.29 is 9.68 Å². The molecule has 0 fully saturated rings. The zero-order valence-electron chi connectivity index (χ0n) is 13.1. The van der Waals surface area contributed by atoms with Crippen molar-refractivity contribution in [1.82, 2.24) is 0 Å². The van der Waals surface area contributed by atoms with Crippen LogP contribution in [0.3, 0.4) is 0 Å². The molecule has 2 nitrogen and oxygen atoms in total. The molecule has 0 saturated carbocycles. The van der Waals surface area contributed by atoms with Gasteiger partial charge in [0.2, 0.25) is 5.70 Å². The summed E-state index contributed by atoms with van der Waals surface area (Å²) in [5.74, 6) is 0.308. The molecule has 0 unspecified atom stereocenters. The average Bonchev–Trinajstić information content (AvgIpc) is 2.75. The molecule has 1 N–H and O–H groups in total. The van der Waals surface area contributed by atoms with Gasteiger partial charge in [-0.25, -0.2) is 0 Å². The fourth-order valence-corrected chi connectivity index (χ4v) is 2.92. The van der Waals surface area contributed by atoms with Crippen LogP contribution in [0.25, 0.3) is 5.76 Å². The van der Waals surface area contributed by atoms with E-state index in [0.29, 0.717) is 5.76 Å². The molecule has 0 radical (unpaired) electrons. The van der Waals surface area contributed by atoms with Crippen molar-refractivity contribution in [2.45, 2.75) is 39.2 Å². The van der Waals surface area contributed by atoms with Crippen molar-refractivity contribution >= 4 is 11.5 Å². The molecule has 2 rings (SSSR count). The first-order chi connectivity index (χ1) is 9.97. The Hall–Kier alpha value is -2.09. The van der Waals surface area contributed by atoms with Crippen molar-refractivity contribution in [2.75, 3.05) is 0 Å². The van der Waals surface area contributed by atoms with Crippen molar-refractivity contribution in [2.24, 2.45) is 0 Å². The summed E-state index contributed by atoms with van der Waals surface area (Å²) in [6, 6.07) is 9.68. The van der Waals surface area contributed by atoms with Gasteiger partial charge in [-0.3, -0.25) is 0 Å². The van der Waals surface area contributed by atoms with Gasteiger partial charge in [0.1, 0.15) is 0 Å². The van der Waals surface area contributed by atoms with Crippen LogP contribution in [0.15, 0.2) is 60.8 Å². The van der Waals surface area contributed by atoms with E-state index in [-0.39, 0.29) is 5.54 Å². The summed E-state index contributed by atoms with van der Waals surface area (Å²) in [6.45, 7) is 10.3. The molecule has 1 heterocycles. The van der Waals surface area contributed by atoms with Crippen LogP contribution in [0.4, 0.5) is 0 Å². The van der Waals surface area contributed by atoms with Crippen LogP contribution in [0.2, 0.25) is 0 Å². The summed E-state index contributed by atoms with van der Waals surface area (Å²) >= 11 is 0. The predicted octanol–water partition coefficient (Wildman–Crippen LogP) is 4.70. The monoisotopic (exact) mass is 282 g/mol. The number of aliphatic hydroxyl groups is 1. The third kappa shape index (κ3) is 3.15. The minimum Gasteiger partial charge on any atom is -0.502 e. The molecule has 0 aromatic heterocycles. The molecule has 1 aliphatic heterocycles. The van der Waals surface area contributed by atoms with Crippen LogP contribution in [-0.4, -0.2) is 20.9 Å². The lowest BCUT2D eigenvalue weighted by Gasteiger charge is -2.18. The first kappa shape index (κ1) is 15.3. The van der Waals surface area contributed by atoms with Gasteiger partial charge in [-0.15, -0.1) is 0 Å². The highest BCUT2D eigenvalue weighted by molar-refractivity contribution is 5.79. The second-order valence-electron chi connectivity index (χ2n) is 6.08. The van der Waals surface area contributed by atoms with Gasteiger partial charge in [-0.2, -0.15) is 4.58 Å². The minimum atomic E-state index is 0.00763. The van der Waals surface area contributed by atoms with Gasteiger partial charge in [0.25, 0.3) is 0 Å². The van der Waals surface area contributed by atoms with Crippen molar-refractivity contribution in [3.63, 3.8) is 0 Å². The summed E-state index contributed by atoms with van der Waals surface area (Å²) in [4.78, 5) is 0. The standard InChI is InChI=1S/C19H23NO/c1-5-6-12-17(18(21)16-10-8-7-9-11-16)20-15(2)13-14-19(20,3)4/h5-12H,1,13-14H2,2-4H3/p+1/b12-6+,18-17+. The molecule has 0 saturated heterocycles. The first-order valence-electron chi connectivity index (χ1n) is 7.38. The molecule has 2 heteroatoms. The van der Waals surface area contributed by atoms with Gasteiger partial charge < -0.3 is 5.11 Å². The molecule has 110 valence electrons. The van der Waals surface area contributed by atoms with Gasteiger partial charge in [0, 0.05) is 45.3 Å². The van der Waals surface area contributed by atoms with Gasteiger partial charge >= 0.3 is 0 Å². The maximum atomic E-state index is 10.8. The van der Waals surface area contributed by atoms with E-state index in [4.69, 9.17) is 0 Å². The fourth-order valence-electron chi connectivity index (χ4n) is 2.92. The van der Waals surface area contributed by atoms with E-state index in [0.717, 1.165) is 24.1 Å². The summed E-state index contributed by atoms with van der Waals surface area (Å²) in [7, 11) is 0. The Morgan fingerprint density at radius 1 is 1.29 bits per heavy atom. The van der Waals surface area contributed by atoms with E-state index in [9.17, 15) is 5.11 Å². The summed E-state index contributed by atoms with van der Waals surface area (Å²) in [5, 5.41) is 10.8. The lowest BCUT2D eigenvalue weighted by atomic mass is 10.0. The molecule has 0 spiro atoms. The highest BCUT2D eigenvalue weighted by Gasteiger charge is 2.41. The predicted molar refractivity (Wildman–Crippen MR) is 89.6 cm³/mol. The Kier molecular flexibility index (Phi) is 4.46. The number of allylic oxidation sites excluding steroid dienone is 3. The number of aliphatic hydroxyl groups excluding tert-OH is 1. The van der Waals surface area contributed by atoms with Gasteiger partial charge in [-0.05, 0) is 0 Å². The van der Waals surface area contributed by atoms with Gasteiger partial charge in [0.05, 0.1) is 0 Å². The molecular formula is C19H24NO+. The fraction of sp³-hybridized carbons (Fsp3) is 0.316. The van der Waals surface area contributed by atoms with Crippen molar-refractivity contribution in [3.05, 3.63) is 66.4 Å². The summed E-state index contributed by atoms with van der Waals surface area (Å²) in [5.41, 5.74) is 2.96. The molecule has 0 amide bonds. The Bertz CT molecular complexity index is 618. The molecule has 0 bridgehead atoms. The summed E-state index contributed by atoms with van der Waals surface area (Å²) in [6.07, 6.45) is 7.69. The lowest BCUT2D eigenvalue weighted by Crippen LogP contribution is -2.33. The SMILES string of the molecule is C=C/C=C/C(=C(\O)c1ccccc1)[N+]1=C(C)CCC1(C)C. The van der Waals surface area contributed by atoms with Crippen LogP contribution in [0.1, 0.15) is 39.2 Å². The Morgan fingerprint density at radius 2 is 1.95 bits per heavy atom. The molecular weight excluding hydrogens is 258 g/mol.